The largest absolute Gasteiger partial charge is 0.465 e. The first-order chi connectivity index (χ1) is 13.0. The lowest BCUT2D eigenvalue weighted by molar-refractivity contribution is -0.354. The highest BCUT2D eigenvalue weighted by molar-refractivity contribution is 5.98. The van der Waals surface area contributed by atoms with Crippen LogP contribution in [0.2, 0.25) is 0 Å². The number of H-pyrrole nitrogens is 1. The fraction of sp³-hybridized carbons (Fsp3) is 0.190. The van der Waals surface area contributed by atoms with Gasteiger partial charge < -0.3 is 14.8 Å². The number of carbonyl (C=O) groups excluding carboxylic acids is 2. The Morgan fingerprint density at radius 1 is 1.00 bits per heavy atom. The molecule has 3 aromatic rings. The van der Waals surface area contributed by atoms with Gasteiger partial charge in [-0.1, -0.05) is 0 Å². The summed E-state index contributed by atoms with van der Waals surface area (Å²) in [5.74, 6) is -0.732. The molecule has 6 heteroatoms. The second-order valence-electron chi connectivity index (χ2n) is 6.04. The summed E-state index contributed by atoms with van der Waals surface area (Å²) in [6.45, 7) is 4.07. The van der Waals surface area contributed by atoms with Crippen molar-refractivity contribution in [2.24, 2.45) is 0 Å². The summed E-state index contributed by atoms with van der Waals surface area (Å²) in [5.41, 5.74) is 4.51. The number of methoxy groups -OCH3 is 1. The molecule has 1 aromatic heterocycles. The number of benzene rings is 2. The van der Waals surface area contributed by atoms with E-state index in [1.807, 2.05) is 19.1 Å². The summed E-state index contributed by atoms with van der Waals surface area (Å²) in [6, 6.07) is 14.4. The first kappa shape index (κ1) is 18.4. The molecular formula is C21H21N2O4+. The molecule has 138 valence electrons. The molecule has 0 aliphatic heterocycles. The summed E-state index contributed by atoms with van der Waals surface area (Å²) < 4.78 is 9.81. The van der Waals surface area contributed by atoms with Crippen LogP contribution >= 0.6 is 0 Å². The Morgan fingerprint density at radius 2 is 1.70 bits per heavy atom. The predicted octanol–water partition coefficient (Wildman–Crippen LogP) is 3.67. The van der Waals surface area contributed by atoms with Gasteiger partial charge in [-0.15, -0.1) is 0 Å². The normalized spacial score (nSPS) is 10.5. The Bertz CT molecular complexity index is 997. The third-order valence-electron chi connectivity index (χ3n) is 4.10. The Balaban J connectivity index is 1.98. The van der Waals surface area contributed by atoms with Gasteiger partial charge in [-0.2, -0.15) is 0 Å². The van der Waals surface area contributed by atoms with Crippen molar-refractivity contribution < 1.29 is 24.0 Å². The number of aryl methyl sites for hydroxylation is 1. The SMILES string of the molecule is CCOC(=O)c1ccc2[nH+]c(C)cc(Nc3ccc(C(=O)OC)cc3)c2c1. The maximum absolute atomic E-state index is 12.1. The minimum atomic E-state index is -0.378. The van der Waals surface area contributed by atoms with E-state index in [1.54, 1.807) is 43.3 Å². The van der Waals surface area contributed by atoms with Gasteiger partial charge in [0.15, 0.2) is 5.69 Å². The van der Waals surface area contributed by atoms with Crippen molar-refractivity contribution >= 4 is 34.2 Å². The van der Waals surface area contributed by atoms with Crippen LogP contribution in [0, 0.1) is 6.92 Å². The summed E-state index contributed by atoms with van der Waals surface area (Å²) in [7, 11) is 1.35. The van der Waals surface area contributed by atoms with E-state index < -0.39 is 0 Å². The molecule has 0 spiro atoms. The molecule has 2 aromatic carbocycles. The summed E-state index contributed by atoms with van der Waals surface area (Å²) in [6.07, 6.45) is 0. The van der Waals surface area contributed by atoms with Crippen LogP contribution in [0.25, 0.3) is 10.9 Å². The van der Waals surface area contributed by atoms with Gasteiger partial charge in [0.05, 0.1) is 35.9 Å². The molecule has 6 nitrogen and oxygen atoms in total. The van der Waals surface area contributed by atoms with Gasteiger partial charge >= 0.3 is 11.9 Å². The van der Waals surface area contributed by atoms with Crippen LogP contribution in [0.3, 0.4) is 0 Å². The van der Waals surface area contributed by atoms with Crippen LogP contribution < -0.4 is 10.3 Å². The molecule has 2 N–H and O–H groups in total. The van der Waals surface area contributed by atoms with Crippen LogP contribution in [-0.2, 0) is 9.47 Å². The number of carbonyl (C=O) groups is 2. The van der Waals surface area contributed by atoms with Crippen LogP contribution in [0.4, 0.5) is 11.4 Å². The number of aromatic nitrogens is 1. The Labute approximate surface area is 157 Å². The number of ether oxygens (including phenoxy) is 2. The molecule has 0 atom stereocenters. The standard InChI is InChI=1S/C21H20N2O4/c1-4-27-21(25)15-7-10-18-17(12-15)19(11-13(2)22-18)23-16-8-5-14(6-9-16)20(24)26-3/h5-12H,4H2,1-3H3,(H,22,23)/p+1. The molecular weight excluding hydrogens is 344 g/mol. The van der Waals surface area contributed by atoms with Crippen LogP contribution in [0.5, 0.6) is 0 Å². The summed E-state index contributed by atoms with van der Waals surface area (Å²) in [5, 5.41) is 4.21. The van der Waals surface area contributed by atoms with Gasteiger partial charge in [0.25, 0.3) is 0 Å². The van der Waals surface area contributed by atoms with Gasteiger partial charge in [-0.25, -0.2) is 14.6 Å². The first-order valence-corrected chi connectivity index (χ1v) is 8.61. The molecule has 0 saturated heterocycles. The lowest BCUT2D eigenvalue weighted by Gasteiger charge is -2.10. The van der Waals surface area contributed by atoms with Crippen LogP contribution in [0.1, 0.15) is 33.3 Å². The van der Waals surface area contributed by atoms with E-state index >= 15 is 0 Å². The van der Waals surface area contributed by atoms with Crippen molar-refractivity contribution in [1.82, 2.24) is 0 Å². The molecule has 0 fully saturated rings. The lowest BCUT2D eigenvalue weighted by atomic mass is 10.1. The third-order valence-corrected chi connectivity index (χ3v) is 4.10. The van der Waals surface area contributed by atoms with E-state index in [9.17, 15) is 9.59 Å². The number of hydrogen-bond acceptors (Lipinski definition) is 5. The highest BCUT2D eigenvalue weighted by Gasteiger charge is 2.14. The monoisotopic (exact) mass is 365 g/mol. The topological polar surface area (TPSA) is 78.8 Å². The van der Waals surface area contributed by atoms with Gasteiger partial charge in [0.1, 0.15) is 0 Å². The molecule has 0 aliphatic carbocycles. The van der Waals surface area contributed by atoms with E-state index in [1.165, 1.54) is 7.11 Å². The molecule has 0 amide bonds. The number of nitrogens with one attached hydrogen (secondary N) is 2. The summed E-state index contributed by atoms with van der Waals surface area (Å²) >= 11 is 0. The van der Waals surface area contributed by atoms with Crippen molar-refractivity contribution in [3.8, 4) is 0 Å². The maximum Gasteiger partial charge on any atom is 0.338 e. The Hall–Kier alpha value is -3.41. The quantitative estimate of drug-likeness (QED) is 0.698. The fourth-order valence-electron chi connectivity index (χ4n) is 2.83. The average molecular weight is 365 g/mol. The molecule has 0 radical (unpaired) electrons. The number of anilines is 2. The molecule has 0 bridgehead atoms. The van der Waals surface area contributed by atoms with Crippen LogP contribution in [-0.4, -0.2) is 25.7 Å². The first-order valence-electron chi connectivity index (χ1n) is 8.61. The third kappa shape index (κ3) is 4.06. The van der Waals surface area contributed by atoms with Crippen molar-refractivity contribution in [2.45, 2.75) is 13.8 Å². The molecule has 0 saturated carbocycles. The van der Waals surface area contributed by atoms with E-state index in [-0.39, 0.29) is 11.9 Å². The van der Waals surface area contributed by atoms with Crippen molar-refractivity contribution in [3.05, 3.63) is 65.4 Å². The van der Waals surface area contributed by atoms with Crippen molar-refractivity contribution in [3.63, 3.8) is 0 Å². The van der Waals surface area contributed by atoms with E-state index in [4.69, 9.17) is 9.47 Å². The highest BCUT2D eigenvalue weighted by Crippen LogP contribution is 2.26. The fourth-order valence-corrected chi connectivity index (χ4v) is 2.83. The van der Waals surface area contributed by atoms with E-state index in [2.05, 4.69) is 10.3 Å². The van der Waals surface area contributed by atoms with Crippen molar-refractivity contribution in [2.75, 3.05) is 19.0 Å². The van der Waals surface area contributed by atoms with E-state index in [0.29, 0.717) is 17.7 Å². The number of fused-ring (bicyclic) bond motifs is 1. The zero-order valence-corrected chi connectivity index (χ0v) is 15.5. The minimum Gasteiger partial charge on any atom is -0.465 e. The summed E-state index contributed by atoms with van der Waals surface area (Å²) in [4.78, 5) is 26.9. The van der Waals surface area contributed by atoms with Gasteiger partial charge in [-0.05, 0) is 43.3 Å². The predicted molar refractivity (Wildman–Crippen MR) is 102 cm³/mol. The van der Waals surface area contributed by atoms with Crippen LogP contribution in [0.15, 0.2) is 48.5 Å². The number of hydrogen-bond donors (Lipinski definition) is 1. The average Bonchev–Trinajstić information content (AvgIpc) is 2.67. The molecule has 1 heterocycles. The molecule has 3 rings (SSSR count). The smallest absolute Gasteiger partial charge is 0.338 e. The molecule has 0 unspecified atom stereocenters. The Morgan fingerprint density at radius 3 is 2.37 bits per heavy atom. The van der Waals surface area contributed by atoms with Crippen molar-refractivity contribution in [1.29, 1.82) is 0 Å². The van der Waals surface area contributed by atoms with Gasteiger partial charge in [0, 0.05) is 24.7 Å². The van der Waals surface area contributed by atoms with Gasteiger partial charge in [0.2, 0.25) is 5.52 Å². The molecule has 0 aliphatic rings. The zero-order chi connectivity index (χ0) is 19.4. The van der Waals surface area contributed by atoms with Gasteiger partial charge in [-0.3, -0.25) is 0 Å². The number of pyridine rings is 1. The number of esters is 2. The second kappa shape index (κ2) is 7.86. The zero-order valence-electron chi connectivity index (χ0n) is 15.5. The molecule has 27 heavy (non-hydrogen) atoms. The highest BCUT2D eigenvalue weighted by atomic mass is 16.5. The number of rotatable bonds is 5. The maximum atomic E-state index is 12.1. The second-order valence-corrected chi connectivity index (χ2v) is 6.04. The Kier molecular flexibility index (Phi) is 5.35. The lowest BCUT2D eigenvalue weighted by Crippen LogP contribution is -2.11. The van der Waals surface area contributed by atoms with E-state index in [0.717, 1.165) is 28.0 Å². The number of aromatic amines is 1. The minimum absolute atomic E-state index is 0.328.